The molecule has 0 fully saturated rings. The molecule has 0 aliphatic carbocycles. The van der Waals surface area contributed by atoms with E-state index < -0.39 is 49.9 Å². The molecule has 0 saturated heterocycles. The summed E-state index contributed by atoms with van der Waals surface area (Å²) in [6, 6.07) is 3.98. The van der Waals surface area contributed by atoms with E-state index in [2.05, 4.69) is 5.32 Å². The summed E-state index contributed by atoms with van der Waals surface area (Å²) in [4.78, 5) is 70.9. The average Bonchev–Trinajstić information content (AvgIpc) is 2.46. The van der Waals surface area contributed by atoms with E-state index in [1.165, 1.54) is 0 Å². The van der Waals surface area contributed by atoms with Gasteiger partial charge in [0.15, 0.2) is 10.8 Å². The first-order chi connectivity index (χ1) is 11.8. The fourth-order valence-corrected chi connectivity index (χ4v) is 4.38. The molecule has 0 aromatic heterocycles. The highest BCUT2D eigenvalue weighted by Gasteiger charge is 2.59. The van der Waals surface area contributed by atoms with Crippen molar-refractivity contribution in [3.05, 3.63) is 29.8 Å². The van der Waals surface area contributed by atoms with Crippen molar-refractivity contribution >= 4 is 39.2 Å². The van der Waals surface area contributed by atoms with Gasteiger partial charge in [-0.2, -0.15) is 0 Å². The summed E-state index contributed by atoms with van der Waals surface area (Å²) < 4.78 is 23.4. The van der Waals surface area contributed by atoms with Gasteiger partial charge in [-0.05, 0) is 17.7 Å². The average molecular weight is 411 g/mol. The lowest BCUT2D eigenvalue weighted by molar-refractivity contribution is -0.142. The Bertz CT molecular complexity index is 796. The Hall–Kier alpha value is -2.07. The molecule has 0 radical (unpaired) electrons. The highest BCUT2D eigenvalue weighted by molar-refractivity contribution is 7.55. The van der Waals surface area contributed by atoms with Gasteiger partial charge >= 0.3 is 27.1 Å². The zero-order valence-corrected chi connectivity index (χ0v) is 14.6. The smallest absolute Gasteiger partial charge is 0.347 e. The second kappa shape index (κ2) is 7.67. The Kier molecular flexibility index (Phi) is 6.48. The predicted octanol–water partition coefficient (Wildman–Crippen LogP) is -0.266. The normalized spacial score (nSPS) is 15.5. The maximum Gasteiger partial charge on any atom is 0.347 e. The molecule has 0 aliphatic heterocycles. The van der Waals surface area contributed by atoms with Crippen molar-refractivity contribution in [1.82, 2.24) is 0 Å². The number of rotatable bonds is 9. The lowest BCUT2D eigenvalue weighted by atomic mass is 9.92. The van der Waals surface area contributed by atoms with E-state index in [-0.39, 0.29) is 12.1 Å². The third-order valence-corrected chi connectivity index (χ3v) is 6.46. The number of hydrogen-bond donors (Lipinski definition) is 7. The van der Waals surface area contributed by atoms with E-state index in [0.29, 0.717) is 0 Å². The summed E-state index contributed by atoms with van der Waals surface area (Å²) in [5.41, 5.74) is -3.12. The number of anilines is 1. The summed E-state index contributed by atoms with van der Waals surface area (Å²) in [6.45, 7) is 0. The molecule has 1 aromatic rings. The first kappa shape index (κ1) is 22.0. The van der Waals surface area contributed by atoms with Crippen LogP contribution in [-0.4, -0.2) is 53.8 Å². The van der Waals surface area contributed by atoms with Crippen molar-refractivity contribution in [3.8, 4) is 0 Å². The molecule has 1 rings (SSSR count). The van der Waals surface area contributed by atoms with Crippen molar-refractivity contribution in [2.45, 2.75) is 17.2 Å². The molecule has 26 heavy (non-hydrogen) atoms. The number of amides is 1. The van der Waals surface area contributed by atoms with E-state index in [0.717, 1.165) is 24.3 Å². The van der Waals surface area contributed by atoms with E-state index in [1.807, 2.05) is 0 Å². The maximum atomic E-state index is 12.0. The SMILES string of the molecule is O=CNc1ccc(C(CC(C(=O)O)P(=O)(O)O)(C(=O)O)P(=O)(O)O)cc1. The molecule has 0 spiro atoms. The number of carboxylic acid groups (broad SMARTS) is 2. The minimum Gasteiger partial charge on any atom is -0.481 e. The standard InChI is InChI=1S/C12H15NO11P2/c14-6-13-8-3-1-7(2-4-8)12(11(17)18,26(22,23)24)5-9(10(15)16)25(19,20)21/h1-4,6,9H,5H2,(H,13,14)(H,15,16)(H,17,18)(H2,19,20,21)(H2,22,23,24). The monoisotopic (exact) mass is 411 g/mol. The second-order valence-electron chi connectivity index (χ2n) is 5.20. The summed E-state index contributed by atoms with van der Waals surface area (Å²) in [5, 5.41) is 17.4. The second-order valence-corrected chi connectivity index (χ2v) is 8.85. The first-order valence-electron chi connectivity index (χ1n) is 6.65. The zero-order chi connectivity index (χ0) is 20.3. The Balaban J connectivity index is 3.65. The predicted molar refractivity (Wildman–Crippen MR) is 85.6 cm³/mol. The quantitative estimate of drug-likeness (QED) is 0.207. The molecule has 144 valence electrons. The van der Waals surface area contributed by atoms with Crippen LogP contribution in [0.4, 0.5) is 5.69 Å². The van der Waals surface area contributed by atoms with Crippen LogP contribution in [0.25, 0.3) is 0 Å². The molecule has 0 aliphatic rings. The molecule has 1 aromatic carbocycles. The van der Waals surface area contributed by atoms with Gasteiger partial charge in [0.25, 0.3) is 0 Å². The Morgan fingerprint density at radius 2 is 1.58 bits per heavy atom. The number of carbonyl (C=O) groups is 3. The van der Waals surface area contributed by atoms with Crippen molar-refractivity contribution in [2.75, 3.05) is 5.32 Å². The Morgan fingerprint density at radius 1 is 1.08 bits per heavy atom. The van der Waals surface area contributed by atoms with E-state index in [1.54, 1.807) is 0 Å². The van der Waals surface area contributed by atoms with Crippen LogP contribution < -0.4 is 5.32 Å². The van der Waals surface area contributed by atoms with Gasteiger partial charge in [-0.1, -0.05) is 12.1 Å². The summed E-state index contributed by atoms with van der Waals surface area (Å²) >= 11 is 0. The Labute approximate surface area is 145 Å². The van der Waals surface area contributed by atoms with Crippen LogP contribution in [0.1, 0.15) is 12.0 Å². The highest BCUT2D eigenvalue weighted by Crippen LogP contribution is 2.62. The van der Waals surface area contributed by atoms with Gasteiger partial charge in [0.05, 0.1) is 0 Å². The summed E-state index contributed by atoms with van der Waals surface area (Å²) in [5.74, 6) is -4.28. The summed E-state index contributed by atoms with van der Waals surface area (Å²) in [7, 11) is -11.1. The van der Waals surface area contributed by atoms with Crippen molar-refractivity contribution in [1.29, 1.82) is 0 Å². The number of carbonyl (C=O) groups excluding carboxylic acids is 1. The molecule has 1 amide bonds. The topological polar surface area (TPSA) is 219 Å². The van der Waals surface area contributed by atoms with Crippen LogP contribution in [-0.2, 0) is 28.7 Å². The van der Waals surface area contributed by atoms with Gasteiger partial charge < -0.3 is 35.1 Å². The highest BCUT2D eigenvalue weighted by atomic mass is 31.2. The minimum absolute atomic E-state index is 0.138. The van der Waals surface area contributed by atoms with Gasteiger partial charge in [0.2, 0.25) is 6.41 Å². The van der Waals surface area contributed by atoms with Gasteiger partial charge in [0.1, 0.15) is 0 Å². The van der Waals surface area contributed by atoms with Gasteiger partial charge in [-0.25, -0.2) is 0 Å². The van der Waals surface area contributed by atoms with Crippen LogP contribution in [0, 0.1) is 0 Å². The third-order valence-electron chi connectivity index (χ3n) is 3.62. The van der Waals surface area contributed by atoms with Gasteiger partial charge in [0, 0.05) is 12.1 Å². The fraction of sp³-hybridized carbons (Fsp3) is 0.250. The molecule has 14 heteroatoms. The van der Waals surface area contributed by atoms with Crippen molar-refractivity contribution < 1.29 is 53.3 Å². The molecule has 2 atom stereocenters. The van der Waals surface area contributed by atoms with Crippen LogP contribution in [0.5, 0.6) is 0 Å². The van der Waals surface area contributed by atoms with Crippen LogP contribution >= 0.6 is 15.2 Å². The molecule has 2 unspecified atom stereocenters. The van der Waals surface area contributed by atoms with Crippen molar-refractivity contribution in [3.63, 3.8) is 0 Å². The number of aliphatic carboxylic acids is 2. The first-order valence-corrected chi connectivity index (χ1v) is 9.94. The minimum atomic E-state index is -5.67. The molecule has 7 N–H and O–H groups in total. The van der Waals surface area contributed by atoms with Crippen LogP contribution in [0.15, 0.2) is 24.3 Å². The molecule has 0 heterocycles. The molecular weight excluding hydrogens is 396 g/mol. The number of carboxylic acids is 2. The third kappa shape index (κ3) is 4.36. The summed E-state index contributed by atoms with van der Waals surface area (Å²) in [6.07, 6.45) is -1.27. The molecular formula is C12H15NO11P2. The van der Waals surface area contributed by atoms with E-state index in [9.17, 15) is 38.4 Å². The van der Waals surface area contributed by atoms with Crippen LogP contribution in [0.2, 0.25) is 0 Å². The lowest BCUT2D eigenvalue weighted by Gasteiger charge is -2.32. The van der Waals surface area contributed by atoms with Crippen LogP contribution in [0.3, 0.4) is 0 Å². The van der Waals surface area contributed by atoms with E-state index >= 15 is 0 Å². The maximum absolute atomic E-state index is 12.0. The largest absolute Gasteiger partial charge is 0.481 e. The lowest BCUT2D eigenvalue weighted by Crippen LogP contribution is -2.41. The van der Waals surface area contributed by atoms with E-state index in [4.69, 9.17) is 14.9 Å². The zero-order valence-electron chi connectivity index (χ0n) is 12.8. The van der Waals surface area contributed by atoms with Gasteiger partial charge in [-0.3, -0.25) is 23.5 Å². The molecule has 0 bridgehead atoms. The Morgan fingerprint density at radius 3 is 1.88 bits per heavy atom. The molecule has 12 nitrogen and oxygen atoms in total. The number of benzene rings is 1. The van der Waals surface area contributed by atoms with Gasteiger partial charge in [-0.15, -0.1) is 0 Å². The molecule has 0 saturated carbocycles. The number of hydrogen-bond acceptors (Lipinski definition) is 5. The fourth-order valence-electron chi connectivity index (χ4n) is 2.28. The number of nitrogens with one attached hydrogen (secondary N) is 1. The van der Waals surface area contributed by atoms with Crippen molar-refractivity contribution in [2.24, 2.45) is 0 Å².